The van der Waals surface area contributed by atoms with E-state index in [4.69, 9.17) is 9.47 Å². The van der Waals surface area contributed by atoms with Gasteiger partial charge in [0, 0.05) is 12.6 Å². The average Bonchev–Trinajstić information content (AvgIpc) is 2.51. The summed E-state index contributed by atoms with van der Waals surface area (Å²) >= 11 is 0. The number of hydrogen-bond donors (Lipinski definition) is 1. The van der Waals surface area contributed by atoms with Crippen molar-refractivity contribution in [2.24, 2.45) is 0 Å². The zero-order valence-electron chi connectivity index (χ0n) is 13.5. The van der Waals surface area contributed by atoms with Crippen LogP contribution < -0.4 is 14.2 Å². The topological polar surface area (TPSA) is 64.6 Å². The van der Waals surface area contributed by atoms with Gasteiger partial charge in [0.25, 0.3) is 0 Å². The maximum Gasteiger partial charge on any atom is 0.240 e. The summed E-state index contributed by atoms with van der Waals surface area (Å²) in [7, 11) is -1.95. The van der Waals surface area contributed by atoms with E-state index in [9.17, 15) is 8.42 Å². The van der Waals surface area contributed by atoms with E-state index in [2.05, 4.69) is 4.72 Å². The zero-order valence-corrected chi connectivity index (χ0v) is 14.3. The molecule has 0 unspecified atom stereocenters. The molecule has 0 spiro atoms. The summed E-state index contributed by atoms with van der Waals surface area (Å²) in [5, 5.41) is 0. The van der Waals surface area contributed by atoms with Crippen LogP contribution in [0.1, 0.15) is 11.1 Å². The predicted octanol–water partition coefficient (Wildman–Crippen LogP) is 2.67. The molecule has 0 saturated carbocycles. The van der Waals surface area contributed by atoms with Crippen LogP contribution in [0.15, 0.2) is 47.4 Å². The van der Waals surface area contributed by atoms with Crippen LogP contribution in [0.5, 0.6) is 11.5 Å². The lowest BCUT2D eigenvalue weighted by molar-refractivity contribution is 0.320. The van der Waals surface area contributed by atoms with Crippen LogP contribution in [0.3, 0.4) is 0 Å². The minimum absolute atomic E-state index is 0.187. The number of nitrogens with one attached hydrogen (secondary N) is 1. The lowest BCUT2D eigenvalue weighted by Crippen LogP contribution is -2.28. The van der Waals surface area contributed by atoms with E-state index in [-0.39, 0.29) is 13.2 Å². The minimum atomic E-state index is -3.53. The number of aryl methyl sites for hydroxylation is 2. The molecular formula is C17H21NO4S. The van der Waals surface area contributed by atoms with Crippen LogP contribution in [0.25, 0.3) is 0 Å². The van der Waals surface area contributed by atoms with Crippen LogP contribution in [-0.2, 0) is 10.0 Å². The van der Waals surface area contributed by atoms with Crippen molar-refractivity contribution in [3.8, 4) is 11.5 Å². The lowest BCUT2D eigenvalue weighted by atomic mass is 10.2. The molecule has 0 atom stereocenters. The van der Waals surface area contributed by atoms with Crippen molar-refractivity contribution in [1.82, 2.24) is 4.72 Å². The first-order chi connectivity index (χ1) is 10.9. The Morgan fingerprint density at radius 1 is 1.04 bits per heavy atom. The molecule has 0 fully saturated rings. The summed E-state index contributed by atoms with van der Waals surface area (Å²) in [5.74, 6) is 1.33. The molecule has 23 heavy (non-hydrogen) atoms. The number of methoxy groups -OCH3 is 1. The Balaban J connectivity index is 1.92. The Bertz CT molecular complexity index is 772. The smallest absolute Gasteiger partial charge is 0.240 e. The Morgan fingerprint density at radius 2 is 1.78 bits per heavy atom. The lowest BCUT2D eigenvalue weighted by Gasteiger charge is -2.11. The first-order valence-corrected chi connectivity index (χ1v) is 8.74. The third-order valence-corrected chi connectivity index (χ3v) is 4.95. The molecule has 0 aliphatic heterocycles. The van der Waals surface area contributed by atoms with Gasteiger partial charge in [-0.25, -0.2) is 13.1 Å². The zero-order chi connectivity index (χ0) is 16.9. The van der Waals surface area contributed by atoms with Crippen LogP contribution >= 0.6 is 0 Å². The maximum absolute atomic E-state index is 12.3. The van der Waals surface area contributed by atoms with E-state index in [1.54, 1.807) is 38.3 Å². The van der Waals surface area contributed by atoms with Crippen molar-refractivity contribution in [2.45, 2.75) is 18.7 Å². The molecule has 2 aromatic rings. The molecule has 0 saturated heterocycles. The molecule has 5 nitrogen and oxygen atoms in total. The highest BCUT2D eigenvalue weighted by Gasteiger charge is 2.15. The summed E-state index contributed by atoms with van der Waals surface area (Å²) in [6.45, 7) is 4.14. The first kappa shape index (κ1) is 17.3. The number of hydrogen-bond acceptors (Lipinski definition) is 4. The van der Waals surface area contributed by atoms with Crippen LogP contribution in [0.4, 0.5) is 0 Å². The molecule has 0 aliphatic carbocycles. The molecule has 2 rings (SSSR count). The van der Waals surface area contributed by atoms with Gasteiger partial charge in [0.15, 0.2) is 0 Å². The Labute approximate surface area is 137 Å². The Kier molecular flexibility index (Phi) is 5.63. The largest absolute Gasteiger partial charge is 0.497 e. The highest BCUT2D eigenvalue weighted by molar-refractivity contribution is 7.89. The summed E-state index contributed by atoms with van der Waals surface area (Å²) in [6, 6.07) is 12.4. The molecule has 0 bridgehead atoms. The van der Waals surface area contributed by atoms with Crippen molar-refractivity contribution in [3.05, 3.63) is 53.6 Å². The highest BCUT2D eigenvalue weighted by atomic mass is 32.2. The summed E-state index contributed by atoms with van der Waals surface area (Å²) < 4.78 is 37.8. The van der Waals surface area contributed by atoms with Gasteiger partial charge in [-0.3, -0.25) is 0 Å². The second kappa shape index (κ2) is 7.48. The quantitative estimate of drug-likeness (QED) is 0.790. The van der Waals surface area contributed by atoms with Crippen LogP contribution in [0.2, 0.25) is 0 Å². The van der Waals surface area contributed by atoms with Gasteiger partial charge >= 0.3 is 0 Å². The molecule has 124 valence electrons. The molecule has 1 N–H and O–H groups in total. The molecule has 0 aliphatic rings. The number of benzene rings is 2. The van der Waals surface area contributed by atoms with Gasteiger partial charge in [-0.2, -0.15) is 0 Å². The molecule has 2 aromatic carbocycles. The number of rotatable bonds is 7. The standard InChI is InChI=1S/C17H21NO4S/c1-13-7-8-17(14(2)11-13)23(19,20)18-9-10-22-16-6-4-5-15(12-16)21-3/h4-8,11-12,18H,9-10H2,1-3H3. The van der Waals surface area contributed by atoms with Crippen LogP contribution in [0, 0.1) is 13.8 Å². The van der Waals surface area contributed by atoms with Crippen molar-refractivity contribution in [1.29, 1.82) is 0 Å². The summed E-state index contributed by atoms with van der Waals surface area (Å²) in [6.07, 6.45) is 0. The van der Waals surface area contributed by atoms with Gasteiger partial charge < -0.3 is 9.47 Å². The van der Waals surface area contributed by atoms with Gasteiger partial charge in [0.1, 0.15) is 18.1 Å². The molecule has 0 heterocycles. The van der Waals surface area contributed by atoms with Gasteiger partial charge in [-0.15, -0.1) is 0 Å². The van der Waals surface area contributed by atoms with Crippen molar-refractivity contribution in [3.63, 3.8) is 0 Å². The highest BCUT2D eigenvalue weighted by Crippen LogP contribution is 2.19. The van der Waals surface area contributed by atoms with Crippen molar-refractivity contribution < 1.29 is 17.9 Å². The average molecular weight is 335 g/mol. The molecule has 0 amide bonds. The summed E-state index contributed by atoms with van der Waals surface area (Å²) in [5.41, 5.74) is 1.76. The monoisotopic (exact) mass is 335 g/mol. The van der Waals surface area contributed by atoms with E-state index in [0.717, 1.165) is 11.1 Å². The maximum atomic E-state index is 12.3. The van der Waals surface area contributed by atoms with E-state index >= 15 is 0 Å². The van der Waals surface area contributed by atoms with Crippen LogP contribution in [-0.4, -0.2) is 28.7 Å². The fourth-order valence-corrected chi connectivity index (χ4v) is 3.45. The van der Waals surface area contributed by atoms with Gasteiger partial charge in [0.2, 0.25) is 10.0 Å². The molecule has 6 heteroatoms. The molecular weight excluding hydrogens is 314 g/mol. The van der Waals surface area contributed by atoms with Crippen molar-refractivity contribution in [2.75, 3.05) is 20.3 Å². The van der Waals surface area contributed by atoms with E-state index in [1.807, 2.05) is 25.1 Å². The van der Waals surface area contributed by atoms with E-state index in [0.29, 0.717) is 16.4 Å². The minimum Gasteiger partial charge on any atom is -0.497 e. The fourth-order valence-electron chi connectivity index (χ4n) is 2.21. The number of sulfonamides is 1. The predicted molar refractivity (Wildman–Crippen MR) is 89.6 cm³/mol. The SMILES string of the molecule is COc1cccc(OCCNS(=O)(=O)c2ccc(C)cc2C)c1. The molecule has 0 aromatic heterocycles. The molecule has 0 radical (unpaired) electrons. The van der Waals surface area contributed by atoms with Crippen molar-refractivity contribution >= 4 is 10.0 Å². The Morgan fingerprint density at radius 3 is 2.48 bits per heavy atom. The van der Waals surface area contributed by atoms with Gasteiger partial charge in [-0.1, -0.05) is 23.8 Å². The normalized spacial score (nSPS) is 11.3. The van der Waals surface area contributed by atoms with E-state index < -0.39 is 10.0 Å². The fraction of sp³-hybridized carbons (Fsp3) is 0.294. The summed E-state index contributed by atoms with van der Waals surface area (Å²) in [4.78, 5) is 0.296. The van der Waals surface area contributed by atoms with Gasteiger partial charge in [-0.05, 0) is 37.6 Å². The van der Waals surface area contributed by atoms with E-state index in [1.165, 1.54) is 0 Å². The second-order valence-corrected chi connectivity index (χ2v) is 6.93. The third kappa shape index (κ3) is 4.71. The first-order valence-electron chi connectivity index (χ1n) is 7.26. The number of ether oxygens (including phenoxy) is 2. The Hall–Kier alpha value is -2.05. The third-order valence-electron chi connectivity index (χ3n) is 3.32. The second-order valence-electron chi connectivity index (χ2n) is 5.19. The van der Waals surface area contributed by atoms with Gasteiger partial charge in [0.05, 0.1) is 12.0 Å².